The summed E-state index contributed by atoms with van der Waals surface area (Å²) in [5, 5.41) is 2.29. The minimum absolute atomic E-state index is 0.0563. The van der Waals surface area contributed by atoms with Gasteiger partial charge in [-0.3, -0.25) is 4.90 Å². The standard InChI is InChI=1S/C20H23F3N2O5/c1-6-30-13-7-8-15(14(11-13)20(21,22)23)24-19(26)25(2)12-9-16(27-3)18(29-5)17(10-12)28-4/h7-11H,6H2,1-5H3,(H,24,26). The van der Waals surface area contributed by atoms with Crippen molar-refractivity contribution in [2.75, 3.05) is 45.2 Å². The van der Waals surface area contributed by atoms with E-state index in [0.29, 0.717) is 22.9 Å². The van der Waals surface area contributed by atoms with E-state index in [1.54, 1.807) is 6.92 Å². The smallest absolute Gasteiger partial charge is 0.418 e. The molecule has 2 rings (SSSR count). The maximum Gasteiger partial charge on any atom is 0.418 e. The minimum atomic E-state index is -4.68. The predicted octanol–water partition coefficient (Wildman–Crippen LogP) is 4.80. The van der Waals surface area contributed by atoms with Crippen molar-refractivity contribution >= 4 is 17.4 Å². The zero-order chi connectivity index (χ0) is 22.5. The molecular formula is C20H23F3N2O5. The summed E-state index contributed by atoms with van der Waals surface area (Å²) in [6.45, 7) is 1.88. The molecule has 2 amide bonds. The number of amides is 2. The Morgan fingerprint density at radius 2 is 1.63 bits per heavy atom. The van der Waals surface area contributed by atoms with E-state index in [9.17, 15) is 18.0 Å². The van der Waals surface area contributed by atoms with E-state index in [0.717, 1.165) is 17.0 Å². The molecule has 0 aliphatic heterocycles. The number of rotatable bonds is 7. The molecule has 10 heteroatoms. The molecule has 164 valence electrons. The Hall–Kier alpha value is -3.30. The van der Waals surface area contributed by atoms with Gasteiger partial charge in [-0.15, -0.1) is 0 Å². The number of methoxy groups -OCH3 is 3. The number of hydrogen-bond acceptors (Lipinski definition) is 5. The topological polar surface area (TPSA) is 69.3 Å². The predicted molar refractivity (Wildman–Crippen MR) is 106 cm³/mol. The van der Waals surface area contributed by atoms with Gasteiger partial charge in [0.1, 0.15) is 5.75 Å². The summed E-state index contributed by atoms with van der Waals surface area (Å²) in [6.07, 6.45) is -4.68. The zero-order valence-electron chi connectivity index (χ0n) is 17.2. The van der Waals surface area contributed by atoms with Crippen molar-refractivity contribution < 1.29 is 36.9 Å². The molecule has 2 aromatic rings. The number of benzene rings is 2. The van der Waals surface area contributed by atoms with Gasteiger partial charge in [0.15, 0.2) is 11.5 Å². The Bertz CT molecular complexity index is 877. The third-order valence-electron chi connectivity index (χ3n) is 4.19. The van der Waals surface area contributed by atoms with E-state index in [2.05, 4.69) is 5.32 Å². The van der Waals surface area contributed by atoms with E-state index in [1.165, 1.54) is 46.6 Å². The molecular weight excluding hydrogens is 405 g/mol. The molecule has 30 heavy (non-hydrogen) atoms. The fraction of sp³-hybridized carbons (Fsp3) is 0.350. The Morgan fingerprint density at radius 3 is 2.10 bits per heavy atom. The molecule has 0 aliphatic rings. The van der Waals surface area contributed by atoms with Crippen LogP contribution in [0.25, 0.3) is 0 Å². The van der Waals surface area contributed by atoms with E-state index >= 15 is 0 Å². The third kappa shape index (κ3) is 5.00. The van der Waals surface area contributed by atoms with Crippen LogP contribution in [0.2, 0.25) is 0 Å². The molecule has 0 heterocycles. The van der Waals surface area contributed by atoms with Crippen LogP contribution in [0.3, 0.4) is 0 Å². The molecule has 0 saturated heterocycles. The van der Waals surface area contributed by atoms with Crippen LogP contribution in [0.15, 0.2) is 30.3 Å². The maximum atomic E-state index is 13.5. The Balaban J connectivity index is 2.36. The number of anilines is 2. The number of ether oxygens (including phenoxy) is 4. The van der Waals surface area contributed by atoms with Crippen LogP contribution >= 0.6 is 0 Å². The van der Waals surface area contributed by atoms with E-state index in [4.69, 9.17) is 18.9 Å². The van der Waals surface area contributed by atoms with Crippen molar-refractivity contribution in [2.45, 2.75) is 13.1 Å². The summed E-state index contributed by atoms with van der Waals surface area (Å²) in [4.78, 5) is 13.8. The average Bonchev–Trinajstić information content (AvgIpc) is 2.72. The molecule has 0 aromatic heterocycles. The number of urea groups is 1. The molecule has 0 atom stereocenters. The van der Waals surface area contributed by atoms with Crippen molar-refractivity contribution in [2.24, 2.45) is 0 Å². The summed E-state index contributed by atoms with van der Waals surface area (Å²) in [5.41, 5.74) is -1.09. The molecule has 1 N–H and O–H groups in total. The van der Waals surface area contributed by atoms with Gasteiger partial charge in [-0.2, -0.15) is 13.2 Å². The summed E-state index contributed by atoms with van der Waals surface area (Å²) in [7, 11) is 5.66. The van der Waals surface area contributed by atoms with Crippen LogP contribution in [0.1, 0.15) is 12.5 Å². The summed E-state index contributed by atoms with van der Waals surface area (Å²) < 4.78 is 61.2. The van der Waals surface area contributed by atoms with Crippen LogP contribution < -0.4 is 29.2 Å². The van der Waals surface area contributed by atoms with Crippen LogP contribution in [-0.4, -0.2) is 41.0 Å². The van der Waals surface area contributed by atoms with Crippen LogP contribution in [0.4, 0.5) is 29.3 Å². The van der Waals surface area contributed by atoms with Gasteiger partial charge in [0.05, 0.1) is 44.9 Å². The third-order valence-corrected chi connectivity index (χ3v) is 4.19. The largest absolute Gasteiger partial charge is 0.494 e. The summed E-state index contributed by atoms with van der Waals surface area (Å²) >= 11 is 0. The van der Waals surface area contributed by atoms with Gasteiger partial charge < -0.3 is 24.3 Å². The van der Waals surface area contributed by atoms with Gasteiger partial charge in [-0.05, 0) is 25.1 Å². The highest BCUT2D eigenvalue weighted by Crippen LogP contribution is 2.41. The SMILES string of the molecule is CCOc1ccc(NC(=O)N(C)c2cc(OC)c(OC)c(OC)c2)c(C(F)(F)F)c1. The van der Waals surface area contributed by atoms with Crippen LogP contribution in [-0.2, 0) is 6.18 Å². The minimum Gasteiger partial charge on any atom is -0.494 e. The van der Waals surface area contributed by atoms with Crippen molar-refractivity contribution in [1.82, 2.24) is 0 Å². The lowest BCUT2D eigenvalue weighted by molar-refractivity contribution is -0.137. The second kappa shape index (κ2) is 9.47. The molecule has 0 bridgehead atoms. The van der Waals surface area contributed by atoms with Gasteiger partial charge in [0, 0.05) is 19.2 Å². The molecule has 0 unspecified atom stereocenters. The average molecular weight is 428 g/mol. The molecule has 2 aromatic carbocycles. The number of hydrogen-bond donors (Lipinski definition) is 1. The van der Waals surface area contributed by atoms with Crippen molar-refractivity contribution in [1.29, 1.82) is 0 Å². The number of carbonyl (C=O) groups is 1. The summed E-state index contributed by atoms with van der Waals surface area (Å²) in [6, 6.07) is 5.56. The maximum absolute atomic E-state index is 13.5. The first-order valence-electron chi connectivity index (χ1n) is 8.85. The lowest BCUT2D eigenvalue weighted by atomic mass is 10.1. The van der Waals surface area contributed by atoms with Gasteiger partial charge >= 0.3 is 12.2 Å². The lowest BCUT2D eigenvalue weighted by Gasteiger charge is -2.22. The Morgan fingerprint density at radius 1 is 1.03 bits per heavy atom. The molecule has 0 spiro atoms. The molecule has 0 radical (unpaired) electrons. The fourth-order valence-corrected chi connectivity index (χ4v) is 2.70. The van der Waals surface area contributed by atoms with Gasteiger partial charge in [-0.25, -0.2) is 4.79 Å². The monoisotopic (exact) mass is 428 g/mol. The van der Waals surface area contributed by atoms with Gasteiger partial charge in [-0.1, -0.05) is 0 Å². The van der Waals surface area contributed by atoms with E-state index < -0.39 is 23.5 Å². The second-order valence-corrected chi connectivity index (χ2v) is 6.01. The van der Waals surface area contributed by atoms with Gasteiger partial charge in [0.25, 0.3) is 0 Å². The number of nitrogens with one attached hydrogen (secondary N) is 1. The van der Waals surface area contributed by atoms with Crippen LogP contribution in [0.5, 0.6) is 23.0 Å². The highest BCUT2D eigenvalue weighted by atomic mass is 19.4. The first-order valence-corrected chi connectivity index (χ1v) is 8.85. The number of alkyl halides is 3. The van der Waals surface area contributed by atoms with Gasteiger partial charge in [0.2, 0.25) is 5.75 Å². The second-order valence-electron chi connectivity index (χ2n) is 6.01. The summed E-state index contributed by atoms with van der Waals surface area (Å²) in [5.74, 6) is 0.969. The van der Waals surface area contributed by atoms with Crippen molar-refractivity contribution in [3.63, 3.8) is 0 Å². The molecule has 0 saturated carbocycles. The van der Waals surface area contributed by atoms with Crippen molar-refractivity contribution in [3.05, 3.63) is 35.9 Å². The van der Waals surface area contributed by atoms with Crippen LogP contribution in [0, 0.1) is 0 Å². The lowest BCUT2D eigenvalue weighted by Crippen LogP contribution is -2.32. The Labute approximate surface area is 172 Å². The van der Waals surface area contributed by atoms with E-state index in [-0.39, 0.29) is 12.4 Å². The number of nitrogens with zero attached hydrogens (tertiary/aromatic N) is 1. The zero-order valence-corrected chi connectivity index (χ0v) is 17.2. The highest BCUT2D eigenvalue weighted by molar-refractivity contribution is 6.02. The quantitative estimate of drug-likeness (QED) is 0.686. The van der Waals surface area contributed by atoms with Crippen molar-refractivity contribution in [3.8, 4) is 23.0 Å². The number of carbonyl (C=O) groups excluding carboxylic acids is 1. The normalized spacial score (nSPS) is 10.9. The first kappa shape index (κ1) is 23.0. The van der Waals surface area contributed by atoms with E-state index in [1.807, 2.05) is 0 Å². The Kier molecular flexibility index (Phi) is 7.25. The molecule has 0 aliphatic carbocycles. The highest BCUT2D eigenvalue weighted by Gasteiger charge is 2.35. The first-order chi connectivity index (χ1) is 14.2. The number of halogens is 3. The fourth-order valence-electron chi connectivity index (χ4n) is 2.70. The molecule has 0 fully saturated rings. The molecule has 7 nitrogen and oxygen atoms in total.